The molecule has 2 aromatic heterocycles. The van der Waals surface area contributed by atoms with Gasteiger partial charge >= 0.3 is 6.03 Å². The van der Waals surface area contributed by atoms with Gasteiger partial charge in [-0.25, -0.2) is 4.79 Å². The first-order valence-corrected chi connectivity index (χ1v) is 8.64. The van der Waals surface area contributed by atoms with E-state index in [2.05, 4.69) is 20.4 Å². The van der Waals surface area contributed by atoms with Gasteiger partial charge < -0.3 is 14.7 Å². The third-order valence-electron chi connectivity index (χ3n) is 4.52. The van der Waals surface area contributed by atoms with Crippen LogP contribution in [0, 0.1) is 0 Å². The van der Waals surface area contributed by atoms with Crippen LogP contribution in [0.3, 0.4) is 0 Å². The van der Waals surface area contributed by atoms with Crippen LogP contribution in [0.2, 0.25) is 0 Å². The second-order valence-electron chi connectivity index (χ2n) is 6.26. The highest BCUT2D eigenvalue weighted by Gasteiger charge is 2.27. The maximum absolute atomic E-state index is 12.3. The van der Waals surface area contributed by atoms with E-state index >= 15 is 0 Å². The van der Waals surface area contributed by atoms with Crippen molar-refractivity contribution in [1.29, 1.82) is 0 Å². The molecule has 1 aliphatic heterocycles. The molecule has 1 aromatic carbocycles. The minimum atomic E-state index is -0.105. The maximum Gasteiger partial charge on any atom is 0.321 e. The summed E-state index contributed by atoms with van der Waals surface area (Å²) >= 11 is 0. The molecule has 1 aliphatic rings. The Bertz CT molecular complexity index is 858. The van der Waals surface area contributed by atoms with E-state index in [9.17, 15) is 4.79 Å². The minimum absolute atomic E-state index is 0.105. The van der Waals surface area contributed by atoms with Crippen LogP contribution in [-0.4, -0.2) is 39.1 Å². The fraction of sp³-hybridized carbons (Fsp3) is 0.263. The highest BCUT2D eigenvalue weighted by atomic mass is 16.5. The smallest absolute Gasteiger partial charge is 0.321 e. The molecule has 1 N–H and O–H groups in total. The van der Waals surface area contributed by atoms with Gasteiger partial charge in [-0.05, 0) is 25.0 Å². The van der Waals surface area contributed by atoms with Crippen molar-refractivity contribution in [2.45, 2.75) is 18.8 Å². The van der Waals surface area contributed by atoms with Gasteiger partial charge in [0.2, 0.25) is 11.7 Å². The summed E-state index contributed by atoms with van der Waals surface area (Å²) in [6.45, 7) is 1.31. The molecule has 0 bridgehead atoms. The summed E-state index contributed by atoms with van der Waals surface area (Å²) in [6, 6.07) is 13.3. The minimum Gasteiger partial charge on any atom is -0.339 e. The van der Waals surface area contributed by atoms with Gasteiger partial charge in [0.05, 0.1) is 11.9 Å². The number of likely N-dealkylation sites (tertiary alicyclic amines) is 1. The van der Waals surface area contributed by atoms with Gasteiger partial charge in [-0.15, -0.1) is 0 Å². The van der Waals surface area contributed by atoms with Crippen LogP contribution in [0.4, 0.5) is 10.5 Å². The molecule has 0 saturated carbocycles. The van der Waals surface area contributed by atoms with E-state index in [0.717, 1.165) is 18.4 Å². The molecule has 1 fully saturated rings. The van der Waals surface area contributed by atoms with E-state index in [0.29, 0.717) is 30.5 Å². The van der Waals surface area contributed by atoms with Crippen molar-refractivity contribution >= 4 is 11.7 Å². The Morgan fingerprint density at radius 3 is 2.65 bits per heavy atom. The summed E-state index contributed by atoms with van der Waals surface area (Å²) in [4.78, 5) is 22.7. The van der Waals surface area contributed by atoms with Crippen LogP contribution < -0.4 is 5.32 Å². The molecule has 132 valence electrons. The Labute approximate surface area is 151 Å². The van der Waals surface area contributed by atoms with Gasteiger partial charge in [-0.3, -0.25) is 4.98 Å². The van der Waals surface area contributed by atoms with Crippen molar-refractivity contribution in [3.05, 3.63) is 60.7 Å². The molecule has 2 amide bonds. The molecule has 0 atom stereocenters. The number of anilines is 1. The van der Waals surface area contributed by atoms with Crippen LogP contribution >= 0.6 is 0 Å². The molecule has 0 radical (unpaired) electrons. The highest BCUT2D eigenvalue weighted by Crippen LogP contribution is 2.28. The number of amides is 2. The van der Waals surface area contributed by atoms with E-state index in [4.69, 9.17) is 4.52 Å². The predicted molar refractivity (Wildman–Crippen MR) is 96.5 cm³/mol. The van der Waals surface area contributed by atoms with Crippen molar-refractivity contribution in [3.8, 4) is 11.4 Å². The monoisotopic (exact) mass is 349 g/mol. The number of benzene rings is 1. The van der Waals surface area contributed by atoms with Crippen molar-refractivity contribution in [2.75, 3.05) is 18.4 Å². The lowest BCUT2D eigenvalue weighted by Crippen LogP contribution is -2.40. The summed E-state index contributed by atoms with van der Waals surface area (Å²) in [7, 11) is 0. The first kappa shape index (κ1) is 16.3. The zero-order valence-corrected chi connectivity index (χ0v) is 14.2. The summed E-state index contributed by atoms with van der Waals surface area (Å²) in [5.74, 6) is 1.44. The third-order valence-corrected chi connectivity index (χ3v) is 4.52. The molecule has 3 aromatic rings. The molecule has 7 heteroatoms. The quantitative estimate of drug-likeness (QED) is 0.782. The van der Waals surface area contributed by atoms with Gasteiger partial charge in [0, 0.05) is 30.8 Å². The lowest BCUT2D eigenvalue weighted by molar-refractivity contribution is 0.187. The highest BCUT2D eigenvalue weighted by molar-refractivity contribution is 5.89. The molecular formula is C19H19N5O2. The van der Waals surface area contributed by atoms with Crippen LogP contribution in [0.1, 0.15) is 24.7 Å². The summed E-state index contributed by atoms with van der Waals surface area (Å²) in [5, 5.41) is 6.95. The Morgan fingerprint density at radius 2 is 1.92 bits per heavy atom. The normalized spacial score (nSPS) is 15.0. The third kappa shape index (κ3) is 3.56. The molecule has 0 spiro atoms. The Hall–Kier alpha value is -3.22. The fourth-order valence-electron chi connectivity index (χ4n) is 3.07. The Morgan fingerprint density at radius 1 is 1.12 bits per heavy atom. The number of rotatable bonds is 3. The van der Waals surface area contributed by atoms with E-state index in [-0.39, 0.29) is 11.9 Å². The number of carbonyl (C=O) groups is 1. The maximum atomic E-state index is 12.3. The number of carbonyl (C=O) groups excluding carboxylic acids is 1. The molecule has 3 heterocycles. The van der Waals surface area contributed by atoms with Crippen LogP contribution in [0.5, 0.6) is 0 Å². The molecule has 7 nitrogen and oxygen atoms in total. The average Bonchev–Trinajstić information content (AvgIpc) is 3.20. The summed E-state index contributed by atoms with van der Waals surface area (Å²) in [5.41, 5.74) is 1.64. The van der Waals surface area contributed by atoms with E-state index < -0.39 is 0 Å². The Balaban J connectivity index is 1.35. The second-order valence-corrected chi connectivity index (χ2v) is 6.26. The topological polar surface area (TPSA) is 84.2 Å². The zero-order chi connectivity index (χ0) is 17.8. The van der Waals surface area contributed by atoms with Gasteiger partial charge in [0.15, 0.2) is 0 Å². The molecule has 1 saturated heterocycles. The lowest BCUT2D eigenvalue weighted by atomic mass is 9.97. The number of piperidine rings is 1. The molecule has 0 aliphatic carbocycles. The first-order chi connectivity index (χ1) is 12.8. The van der Waals surface area contributed by atoms with Gasteiger partial charge in [-0.2, -0.15) is 4.98 Å². The van der Waals surface area contributed by atoms with Crippen LogP contribution in [0.25, 0.3) is 11.4 Å². The van der Waals surface area contributed by atoms with Crippen LogP contribution in [0.15, 0.2) is 59.4 Å². The first-order valence-electron chi connectivity index (χ1n) is 8.64. The van der Waals surface area contributed by atoms with E-state index in [1.807, 2.05) is 36.4 Å². The van der Waals surface area contributed by atoms with Crippen molar-refractivity contribution in [1.82, 2.24) is 20.0 Å². The van der Waals surface area contributed by atoms with E-state index in [1.165, 1.54) is 0 Å². The molecule has 0 unspecified atom stereocenters. The van der Waals surface area contributed by atoms with Gasteiger partial charge in [-0.1, -0.05) is 35.5 Å². The zero-order valence-electron chi connectivity index (χ0n) is 14.2. The number of nitrogens with one attached hydrogen (secondary N) is 1. The van der Waals surface area contributed by atoms with Gasteiger partial charge in [0.25, 0.3) is 0 Å². The van der Waals surface area contributed by atoms with Crippen molar-refractivity contribution < 1.29 is 9.32 Å². The largest absolute Gasteiger partial charge is 0.339 e. The second kappa shape index (κ2) is 7.35. The number of pyridine rings is 1. The van der Waals surface area contributed by atoms with Gasteiger partial charge in [0.1, 0.15) is 0 Å². The standard InChI is InChI=1S/C19H19N5O2/c25-19(21-16-7-4-10-20-13-16)24-11-8-15(9-12-24)18-22-17(23-26-18)14-5-2-1-3-6-14/h1-7,10,13,15H,8-9,11-12H2,(H,21,25). The van der Waals surface area contributed by atoms with Crippen LogP contribution in [-0.2, 0) is 0 Å². The number of aromatic nitrogens is 3. The van der Waals surface area contributed by atoms with E-state index in [1.54, 1.807) is 23.4 Å². The average molecular weight is 349 g/mol. The Kier molecular flexibility index (Phi) is 4.59. The molecular weight excluding hydrogens is 330 g/mol. The predicted octanol–water partition coefficient (Wildman–Crippen LogP) is 3.54. The number of urea groups is 1. The van der Waals surface area contributed by atoms with Crippen molar-refractivity contribution in [3.63, 3.8) is 0 Å². The number of nitrogens with zero attached hydrogens (tertiary/aromatic N) is 4. The summed E-state index contributed by atoms with van der Waals surface area (Å²) < 4.78 is 5.46. The molecule has 4 rings (SSSR count). The lowest BCUT2D eigenvalue weighted by Gasteiger charge is -2.30. The molecule has 26 heavy (non-hydrogen) atoms. The SMILES string of the molecule is O=C(Nc1cccnc1)N1CCC(c2nc(-c3ccccc3)no2)CC1. The van der Waals surface area contributed by atoms with Crippen molar-refractivity contribution in [2.24, 2.45) is 0 Å². The fourth-order valence-corrected chi connectivity index (χ4v) is 3.07. The number of hydrogen-bond donors (Lipinski definition) is 1. The number of hydrogen-bond acceptors (Lipinski definition) is 5. The summed E-state index contributed by atoms with van der Waals surface area (Å²) in [6.07, 6.45) is 4.91.